The molecule has 0 fully saturated rings. The summed E-state index contributed by atoms with van der Waals surface area (Å²) in [5.74, 6) is 0.654. The number of halogens is 1. The van der Waals surface area contributed by atoms with Crippen LogP contribution in [-0.2, 0) is 4.79 Å². The summed E-state index contributed by atoms with van der Waals surface area (Å²) in [6.45, 7) is 2.30. The van der Waals surface area contributed by atoms with E-state index >= 15 is 0 Å². The highest BCUT2D eigenvalue weighted by molar-refractivity contribution is 6.30. The zero-order chi connectivity index (χ0) is 18.2. The second kappa shape index (κ2) is 8.76. The number of rotatable bonds is 6. The lowest BCUT2D eigenvalue weighted by Crippen LogP contribution is -2.13. The third kappa shape index (κ3) is 5.00. The van der Waals surface area contributed by atoms with Crippen molar-refractivity contribution in [3.8, 4) is 17.6 Å². The number of benzene rings is 2. The number of nitrogens with one attached hydrogen (secondary N) is 1. The topological polar surface area (TPSA) is 71.3 Å². The Morgan fingerprint density at radius 1 is 1.28 bits per heavy atom. The van der Waals surface area contributed by atoms with E-state index < -0.39 is 5.91 Å². The van der Waals surface area contributed by atoms with Gasteiger partial charge in [0, 0.05) is 22.3 Å². The molecule has 128 valence electrons. The standard InChI is InChI=1S/C19H17ClN2O3/c1-3-25-18-11-17(24-2)9-4-13(18)10-14(12-21)19(23)22-16-7-5-15(20)6-8-16/h4-11H,3H2,1-2H3,(H,22,23)/b14-10+. The average Bonchev–Trinajstić information content (AvgIpc) is 2.62. The van der Waals surface area contributed by atoms with Gasteiger partial charge in [-0.2, -0.15) is 5.26 Å². The van der Waals surface area contributed by atoms with Crippen LogP contribution < -0.4 is 14.8 Å². The van der Waals surface area contributed by atoms with E-state index in [0.29, 0.717) is 34.4 Å². The van der Waals surface area contributed by atoms with Crippen LogP contribution in [-0.4, -0.2) is 19.6 Å². The fourth-order valence-electron chi connectivity index (χ4n) is 2.08. The molecule has 0 unspecified atom stereocenters. The monoisotopic (exact) mass is 356 g/mol. The van der Waals surface area contributed by atoms with Crippen LogP contribution in [0.2, 0.25) is 5.02 Å². The molecule has 0 spiro atoms. The molecular formula is C19H17ClN2O3. The van der Waals surface area contributed by atoms with Gasteiger partial charge < -0.3 is 14.8 Å². The molecule has 25 heavy (non-hydrogen) atoms. The van der Waals surface area contributed by atoms with Crippen LogP contribution in [0.3, 0.4) is 0 Å². The molecule has 1 N–H and O–H groups in total. The number of nitriles is 1. The largest absolute Gasteiger partial charge is 0.497 e. The Morgan fingerprint density at radius 2 is 2.00 bits per heavy atom. The summed E-state index contributed by atoms with van der Waals surface area (Å²) < 4.78 is 10.7. The third-order valence-electron chi connectivity index (χ3n) is 3.29. The Hall–Kier alpha value is -2.97. The van der Waals surface area contributed by atoms with Gasteiger partial charge in [-0.15, -0.1) is 0 Å². The molecule has 2 rings (SSSR count). The van der Waals surface area contributed by atoms with Gasteiger partial charge in [-0.25, -0.2) is 0 Å². The van der Waals surface area contributed by atoms with Crippen molar-refractivity contribution < 1.29 is 14.3 Å². The van der Waals surface area contributed by atoms with E-state index in [1.807, 2.05) is 13.0 Å². The van der Waals surface area contributed by atoms with Crippen molar-refractivity contribution in [1.82, 2.24) is 0 Å². The molecule has 2 aromatic rings. The molecular weight excluding hydrogens is 340 g/mol. The lowest BCUT2D eigenvalue weighted by Gasteiger charge is -2.10. The number of carbonyl (C=O) groups excluding carboxylic acids is 1. The minimum atomic E-state index is -0.511. The molecule has 0 radical (unpaired) electrons. The van der Waals surface area contributed by atoms with Gasteiger partial charge in [0.2, 0.25) is 0 Å². The number of hydrogen-bond acceptors (Lipinski definition) is 4. The Bertz CT molecular complexity index is 824. The first-order chi connectivity index (χ1) is 12.1. The molecule has 2 aromatic carbocycles. The van der Waals surface area contributed by atoms with Crippen molar-refractivity contribution >= 4 is 29.3 Å². The van der Waals surface area contributed by atoms with Crippen LogP contribution in [0.15, 0.2) is 48.0 Å². The summed E-state index contributed by atoms with van der Waals surface area (Å²) in [4.78, 5) is 12.3. The SMILES string of the molecule is CCOc1cc(OC)ccc1/C=C(\C#N)C(=O)Nc1ccc(Cl)cc1. The van der Waals surface area contributed by atoms with E-state index in [1.165, 1.54) is 6.08 Å². The molecule has 0 atom stereocenters. The molecule has 0 aliphatic heterocycles. The highest BCUT2D eigenvalue weighted by atomic mass is 35.5. The molecule has 0 heterocycles. The first-order valence-corrected chi connectivity index (χ1v) is 7.94. The molecule has 6 heteroatoms. The van der Waals surface area contributed by atoms with Crippen molar-refractivity contribution in [3.63, 3.8) is 0 Å². The maximum absolute atomic E-state index is 12.3. The maximum Gasteiger partial charge on any atom is 0.266 e. The zero-order valence-corrected chi connectivity index (χ0v) is 14.6. The smallest absolute Gasteiger partial charge is 0.266 e. The highest BCUT2D eigenvalue weighted by Crippen LogP contribution is 2.27. The van der Waals surface area contributed by atoms with Crippen molar-refractivity contribution in [2.24, 2.45) is 0 Å². The van der Waals surface area contributed by atoms with Gasteiger partial charge in [-0.3, -0.25) is 4.79 Å². The van der Waals surface area contributed by atoms with E-state index in [1.54, 1.807) is 49.6 Å². The maximum atomic E-state index is 12.3. The molecule has 1 amide bonds. The van der Waals surface area contributed by atoms with Crippen LogP contribution >= 0.6 is 11.6 Å². The van der Waals surface area contributed by atoms with Crippen LogP contribution in [0, 0.1) is 11.3 Å². The third-order valence-corrected chi connectivity index (χ3v) is 3.54. The normalized spacial score (nSPS) is 10.7. The molecule has 0 aliphatic rings. The predicted molar refractivity (Wildman–Crippen MR) is 97.8 cm³/mol. The van der Waals surface area contributed by atoms with Gasteiger partial charge >= 0.3 is 0 Å². The number of nitrogens with zero attached hydrogens (tertiary/aromatic N) is 1. The van der Waals surface area contributed by atoms with Gasteiger partial charge in [0.15, 0.2) is 0 Å². The van der Waals surface area contributed by atoms with Gasteiger partial charge in [0.05, 0.1) is 13.7 Å². The first-order valence-electron chi connectivity index (χ1n) is 7.57. The van der Waals surface area contributed by atoms with Crippen molar-refractivity contribution in [2.75, 3.05) is 19.0 Å². The minimum Gasteiger partial charge on any atom is -0.497 e. The second-order valence-electron chi connectivity index (χ2n) is 4.97. The Balaban J connectivity index is 2.28. The predicted octanol–water partition coefficient (Wildman–Crippen LogP) is 4.29. The number of methoxy groups -OCH3 is 1. The van der Waals surface area contributed by atoms with Gasteiger partial charge in [-0.1, -0.05) is 11.6 Å². The van der Waals surface area contributed by atoms with Crippen molar-refractivity contribution in [1.29, 1.82) is 5.26 Å². The molecule has 0 bridgehead atoms. The number of carbonyl (C=O) groups is 1. The van der Waals surface area contributed by atoms with E-state index in [-0.39, 0.29) is 5.57 Å². The summed E-state index contributed by atoms with van der Waals surface area (Å²) >= 11 is 5.82. The molecule has 5 nitrogen and oxygen atoms in total. The van der Waals surface area contributed by atoms with E-state index in [2.05, 4.69) is 5.32 Å². The van der Waals surface area contributed by atoms with Crippen molar-refractivity contribution in [3.05, 3.63) is 58.6 Å². The van der Waals surface area contributed by atoms with Gasteiger partial charge in [0.1, 0.15) is 23.1 Å². The number of anilines is 1. The first kappa shape index (κ1) is 18.4. The van der Waals surface area contributed by atoms with Crippen LogP contribution in [0.4, 0.5) is 5.69 Å². The molecule has 0 saturated carbocycles. The molecule has 0 saturated heterocycles. The average molecular weight is 357 g/mol. The highest BCUT2D eigenvalue weighted by Gasteiger charge is 2.12. The molecule has 0 aliphatic carbocycles. The van der Waals surface area contributed by atoms with Gasteiger partial charge in [0.25, 0.3) is 5.91 Å². The van der Waals surface area contributed by atoms with Crippen molar-refractivity contribution in [2.45, 2.75) is 6.92 Å². The molecule has 0 aromatic heterocycles. The fourth-order valence-corrected chi connectivity index (χ4v) is 2.20. The second-order valence-corrected chi connectivity index (χ2v) is 5.40. The lowest BCUT2D eigenvalue weighted by molar-refractivity contribution is -0.112. The summed E-state index contributed by atoms with van der Waals surface area (Å²) in [5, 5.41) is 12.6. The summed E-state index contributed by atoms with van der Waals surface area (Å²) in [5.41, 5.74) is 1.13. The Kier molecular flexibility index (Phi) is 6.44. The zero-order valence-electron chi connectivity index (χ0n) is 13.9. The lowest BCUT2D eigenvalue weighted by atomic mass is 10.1. The number of ether oxygens (including phenoxy) is 2. The van der Waals surface area contributed by atoms with Crippen LogP contribution in [0.1, 0.15) is 12.5 Å². The summed E-state index contributed by atoms with van der Waals surface area (Å²) in [6.07, 6.45) is 1.48. The number of hydrogen-bond donors (Lipinski definition) is 1. The quantitative estimate of drug-likeness (QED) is 0.619. The summed E-state index contributed by atoms with van der Waals surface area (Å²) in [6, 6.07) is 13.7. The Morgan fingerprint density at radius 3 is 2.60 bits per heavy atom. The minimum absolute atomic E-state index is 0.0407. The van der Waals surface area contributed by atoms with E-state index in [0.717, 1.165) is 0 Å². The van der Waals surface area contributed by atoms with Crippen LogP contribution in [0.5, 0.6) is 11.5 Å². The number of amides is 1. The Labute approximate surface area is 151 Å². The van der Waals surface area contributed by atoms with E-state index in [9.17, 15) is 10.1 Å². The van der Waals surface area contributed by atoms with E-state index in [4.69, 9.17) is 21.1 Å². The van der Waals surface area contributed by atoms with Gasteiger partial charge in [-0.05, 0) is 49.4 Å². The summed E-state index contributed by atoms with van der Waals surface area (Å²) in [7, 11) is 1.56. The van der Waals surface area contributed by atoms with Crippen LogP contribution in [0.25, 0.3) is 6.08 Å². The fraction of sp³-hybridized carbons (Fsp3) is 0.158.